The number of nitrogens with zero attached hydrogens (tertiary/aromatic N) is 1. The second-order valence-electron chi connectivity index (χ2n) is 9.10. The number of carbonyl (C=O) groups is 2. The molecule has 0 saturated carbocycles. The maximum Gasteiger partial charge on any atom is 0.253 e. The molecule has 0 aromatic heterocycles. The Morgan fingerprint density at radius 2 is 1.31 bits per heavy atom. The van der Waals surface area contributed by atoms with E-state index < -0.39 is 0 Å². The molecule has 0 aliphatic rings. The van der Waals surface area contributed by atoms with Crippen LogP contribution >= 0.6 is 0 Å². The highest BCUT2D eigenvalue weighted by Crippen LogP contribution is 2.13. The number of hydrogen-bond donors (Lipinski definition) is 2. The fourth-order valence-electron chi connectivity index (χ4n) is 3.84. The van der Waals surface area contributed by atoms with Gasteiger partial charge in [-0.3, -0.25) is 9.59 Å². The van der Waals surface area contributed by atoms with E-state index in [1.807, 2.05) is 0 Å². The van der Waals surface area contributed by atoms with Crippen LogP contribution in [0.1, 0.15) is 107 Å². The number of unbranched alkanes of at least 4 members (excludes halogenated alkanes) is 13. The van der Waals surface area contributed by atoms with Gasteiger partial charge in [-0.25, -0.2) is 0 Å². The fraction of sp³-hybridized carbons (Fsp3) is 0.704. The minimum Gasteiger partial charge on any atom is -0.345 e. The van der Waals surface area contributed by atoms with Gasteiger partial charge >= 0.3 is 0 Å². The maximum atomic E-state index is 12.1. The van der Waals surface area contributed by atoms with E-state index in [-0.39, 0.29) is 11.8 Å². The van der Waals surface area contributed by atoms with Crippen molar-refractivity contribution in [3.05, 3.63) is 29.8 Å². The Morgan fingerprint density at radius 1 is 0.781 bits per heavy atom. The molecule has 1 aromatic carbocycles. The van der Waals surface area contributed by atoms with Crippen molar-refractivity contribution >= 4 is 17.5 Å². The Hall–Kier alpha value is -1.88. The van der Waals surface area contributed by atoms with Crippen LogP contribution in [0.2, 0.25) is 0 Å². The molecule has 0 saturated heterocycles. The fourth-order valence-corrected chi connectivity index (χ4v) is 3.84. The van der Waals surface area contributed by atoms with E-state index in [1.54, 1.807) is 38.4 Å². The topological polar surface area (TPSA) is 61.4 Å². The maximum absolute atomic E-state index is 12.1. The first-order chi connectivity index (χ1) is 15.5. The van der Waals surface area contributed by atoms with E-state index in [0.29, 0.717) is 17.8 Å². The van der Waals surface area contributed by atoms with Crippen LogP contribution in [0.15, 0.2) is 24.3 Å². The second kappa shape index (κ2) is 18.7. The smallest absolute Gasteiger partial charge is 0.253 e. The van der Waals surface area contributed by atoms with E-state index in [9.17, 15) is 9.59 Å². The lowest BCUT2D eigenvalue weighted by atomic mass is 10.0. The molecule has 2 N–H and O–H groups in total. The third kappa shape index (κ3) is 14.2. The molecule has 0 unspecified atom stereocenters. The van der Waals surface area contributed by atoms with Crippen LogP contribution < -0.4 is 10.6 Å². The average molecular weight is 446 g/mol. The van der Waals surface area contributed by atoms with Crippen molar-refractivity contribution in [3.8, 4) is 0 Å². The Kier molecular flexibility index (Phi) is 16.4. The Labute approximate surface area is 196 Å². The van der Waals surface area contributed by atoms with Crippen LogP contribution in [0.3, 0.4) is 0 Å². The molecule has 0 heterocycles. The first-order valence-corrected chi connectivity index (χ1v) is 12.9. The zero-order valence-corrected chi connectivity index (χ0v) is 20.9. The zero-order valence-electron chi connectivity index (χ0n) is 20.9. The van der Waals surface area contributed by atoms with Crippen molar-refractivity contribution in [1.82, 2.24) is 10.2 Å². The molecule has 5 nitrogen and oxygen atoms in total. The third-order valence-corrected chi connectivity index (χ3v) is 5.79. The van der Waals surface area contributed by atoms with Crippen molar-refractivity contribution in [2.24, 2.45) is 0 Å². The highest BCUT2D eigenvalue weighted by Gasteiger charge is 2.09. The number of benzene rings is 1. The van der Waals surface area contributed by atoms with E-state index in [0.717, 1.165) is 13.0 Å². The largest absolute Gasteiger partial charge is 0.345 e. The molecule has 5 heteroatoms. The summed E-state index contributed by atoms with van der Waals surface area (Å²) in [5, 5.41) is 6.07. The molecule has 0 radical (unpaired) electrons. The van der Waals surface area contributed by atoms with Gasteiger partial charge in [0.2, 0.25) is 5.91 Å². The van der Waals surface area contributed by atoms with Crippen LogP contribution in [0.5, 0.6) is 0 Å². The van der Waals surface area contributed by atoms with Gasteiger partial charge in [-0.15, -0.1) is 0 Å². The highest BCUT2D eigenvalue weighted by molar-refractivity contribution is 5.97. The van der Waals surface area contributed by atoms with E-state index in [1.165, 1.54) is 88.4 Å². The highest BCUT2D eigenvalue weighted by atomic mass is 16.2. The quantitative estimate of drug-likeness (QED) is 0.242. The Morgan fingerprint density at radius 3 is 1.84 bits per heavy atom. The molecule has 0 spiro atoms. The Bertz CT molecular complexity index is 631. The minimum absolute atomic E-state index is 0.0722. The summed E-state index contributed by atoms with van der Waals surface area (Å²) in [4.78, 5) is 25.7. The van der Waals surface area contributed by atoms with Gasteiger partial charge in [0, 0.05) is 25.3 Å². The summed E-state index contributed by atoms with van der Waals surface area (Å²) in [5.41, 5.74) is 1.23. The van der Waals surface area contributed by atoms with Crippen LogP contribution in [0.4, 0.5) is 5.69 Å². The molecule has 0 fully saturated rings. The standard InChI is InChI=1S/C27H47N3O2/c1-4-5-6-7-8-9-10-11-12-13-14-15-16-17-21-28-23-26(31)29-25-20-18-19-24(22-25)27(32)30(2)3/h18-20,22,28H,4-17,21,23H2,1-3H3,(H,29,31). The third-order valence-electron chi connectivity index (χ3n) is 5.79. The number of carbonyl (C=O) groups excluding carboxylic acids is 2. The number of nitrogens with one attached hydrogen (secondary N) is 2. The lowest BCUT2D eigenvalue weighted by Gasteiger charge is -2.12. The molecular weight excluding hydrogens is 398 g/mol. The molecule has 0 aliphatic carbocycles. The van der Waals surface area contributed by atoms with Gasteiger partial charge in [0.05, 0.1) is 6.54 Å². The lowest BCUT2D eigenvalue weighted by Crippen LogP contribution is -2.29. The molecule has 32 heavy (non-hydrogen) atoms. The predicted molar refractivity (Wildman–Crippen MR) is 136 cm³/mol. The summed E-state index contributed by atoms with van der Waals surface area (Å²) in [6.07, 6.45) is 18.9. The average Bonchev–Trinajstić information content (AvgIpc) is 2.78. The van der Waals surface area contributed by atoms with Crippen molar-refractivity contribution in [3.63, 3.8) is 0 Å². The Balaban J connectivity index is 1.95. The number of rotatable bonds is 19. The van der Waals surface area contributed by atoms with Gasteiger partial charge < -0.3 is 15.5 Å². The molecule has 0 aliphatic heterocycles. The molecule has 0 atom stereocenters. The van der Waals surface area contributed by atoms with Gasteiger partial charge in [-0.05, 0) is 31.2 Å². The molecule has 0 bridgehead atoms. The van der Waals surface area contributed by atoms with E-state index in [4.69, 9.17) is 0 Å². The van der Waals surface area contributed by atoms with Gasteiger partial charge in [-0.2, -0.15) is 0 Å². The summed E-state index contributed by atoms with van der Waals surface area (Å²) in [6.45, 7) is 3.43. The summed E-state index contributed by atoms with van der Waals surface area (Å²) in [7, 11) is 3.43. The van der Waals surface area contributed by atoms with Gasteiger partial charge in [0.25, 0.3) is 5.91 Å². The van der Waals surface area contributed by atoms with Gasteiger partial charge in [0.15, 0.2) is 0 Å². The zero-order chi connectivity index (χ0) is 23.4. The number of hydrogen-bond acceptors (Lipinski definition) is 3. The number of amides is 2. The van der Waals surface area contributed by atoms with Crippen LogP contribution in [-0.4, -0.2) is 43.9 Å². The first-order valence-electron chi connectivity index (χ1n) is 12.9. The van der Waals surface area contributed by atoms with Crippen molar-refractivity contribution in [2.75, 3.05) is 32.5 Å². The van der Waals surface area contributed by atoms with Crippen LogP contribution in [0.25, 0.3) is 0 Å². The second-order valence-corrected chi connectivity index (χ2v) is 9.10. The summed E-state index contributed by atoms with van der Waals surface area (Å²) < 4.78 is 0. The summed E-state index contributed by atoms with van der Waals surface area (Å²) in [6, 6.07) is 7.06. The van der Waals surface area contributed by atoms with Crippen LogP contribution in [0, 0.1) is 0 Å². The van der Waals surface area contributed by atoms with Crippen LogP contribution in [-0.2, 0) is 4.79 Å². The lowest BCUT2D eigenvalue weighted by molar-refractivity contribution is -0.115. The first kappa shape index (κ1) is 28.2. The monoisotopic (exact) mass is 445 g/mol. The van der Waals surface area contributed by atoms with Gasteiger partial charge in [-0.1, -0.05) is 96.5 Å². The normalized spacial score (nSPS) is 10.8. The van der Waals surface area contributed by atoms with Gasteiger partial charge in [0.1, 0.15) is 0 Å². The predicted octanol–water partition coefficient (Wildman–Crippen LogP) is 6.40. The molecule has 1 rings (SSSR count). The van der Waals surface area contributed by atoms with Crippen molar-refractivity contribution in [1.29, 1.82) is 0 Å². The summed E-state index contributed by atoms with van der Waals surface area (Å²) in [5.74, 6) is -0.151. The molecule has 1 aromatic rings. The molecule has 182 valence electrons. The summed E-state index contributed by atoms with van der Waals surface area (Å²) >= 11 is 0. The molecule has 2 amide bonds. The van der Waals surface area contributed by atoms with E-state index >= 15 is 0 Å². The SMILES string of the molecule is CCCCCCCCCCCCCCCCNCC(=O)Nc1cccc(C(=O)N(C)C)c1. The van der Waals surface area contributed by atoms with Crippen molar-refractivity contribution in [2.45, 2.75) is 96.8 Å². The molecular formula is C27H47N3O2. The van der Waals surface area contributed by atoms with Crippen molar-refractivity contribution < 1.29 is 9.59 Å². The van der Waals surface area contributed by atoms with E-state index in [2.05, 4.69) is 17.6 Å². The minimum atomic E-state index is -0.0789. The number of anilines is 1.